The van der Waals surface area contributed by atoms with Gasteiger partial charge in [0, 0.05) is 6.42 Å². The number of carbonyl (C=O) groups is 5. The molecule has 8 N–H and O–H groups in total. The number of carbonyl (C=O) groups excluding carboxylic acids is 3. The Hall–Kier alpha value is -3.51. The van der Waals surface area contributed by atoms with E-state index in [0.717, 1.165) is 0 Å². The highest BCUT2D eigenvalue weighted by Crippen LogP contribution is 2.08. The molecule has 0 saturated carbocycles. The molecule has 0 spiro atoms. The highest BCUT2D eigenvalue weighted by atomic mass is 16.4. The second kappa shape index (κ2) is 13.9. The van der Waals surface area contributed by atoms with Gasteiger partial charge in [0.05, 0.1) is 13.0 Å². The number of rotatable bonds is 14. The standard InChI is InChI=1S/C22H32N4O8/c1-12(2)8-17(22(33)34)26-21(32)16(10-18(28)29)25-20(31)15(24-19(30)14(23)11-27)9-13-6-4-3-5-7-13/h3-7,12,14-17,27H,8-11,23H2,1-2H3,(H,24,30)(H,25,31)(H,26,32)(H,28,29)(H,33,34). The molecule has 0 bridgehead atoms. The molecule has 0 aliphatic rings. The number of nitrogens with two attached hydrogens (primary N) is 1. The summed E-state index contributed by atoms with van der Waals surface area (Å²) in [6.07, 6.45) is -0.725. The summed E-state index contributed by atoms with van der Waals surface area (Å²) in [4.78, 5) is 60.6. The number of carboxylic acids is 2. The first kappa shape index (κ1) is 28.5. The van der Waals surface area contributed by atoms with Crippen LogP contribution in [0.25, 0.3) is 0 Å². The first-order valence-electron chi connectivity index (χ1n) is 10.7. The van der Waals surface area contributed by atoms with Crippen molar-refractivity contribution in [3.8, 4) is 0 Å². The molecule has 4 atom stereocenters. The summed E-state index contributed by atoms with van der Waals surface area (Å²) in [5.74, 6) is -5.45. The van der Waals surface area contributed by atoms with Gasteiger partial charge in [-0.1, -0.05) is 44.2 Å². The minimum Gasteiger partial charge on any atom is -0.481 e. The lowest BCUT2D eigenvalue weighted by Gasteiger charge is -2.25. The van der Waals surface area contributed by atoms with Crippen molar-refractivity contribution < 1.29 is 39.3 Å². The summed E-state index contributed by atoms with van der Waals surface area (Å²) >= 11 is 0. The van der Waals surface area contributed by atoms with Crippen molar-refractivity contribution in [3.05, 3.63) is 35.9 Å². The van der Waals surface area contributed by atoms with Crippen molar-refractivity contribution in [2.45, 2.75) is 57.3 Å². The van der Waals surface area contributed by atoms with Gasteiger partial charge in [0.1, 0.15) is 24.2 Å². The maximum atomic E-state index is 13.0. The average molecular weight is 481 g/mol. The van der Waals surface area contributed by atoms with Crippen molar-refractivity contribution in [1.82, 2.24) is 16.0 Å². The average Bonchev–Trinajstić information content (AvgIpc) is 2.76. The number of aliphatic hydroxyl groups excluding tert-OH is 1. The zero-order valence-electron chi connectivity index (χ0n) is 19.1. The van der Waals surface area contributed by atoms with Crippen LogP contribution in [0, 0.1) is 5.92 Å². The zero-order chi connectivity index (χ0) is 25.8. The van der Waals surface area contributed by atoms with Crippen LogP contribution < -0.4 is 21.7 Å². The third-order valence-corrected chi connectivity index (χ3v) is 4.78. The Bertz CT molecular complexity index is 862. The van der Waals surface area contributed by atoms with Gasteiger partial charge in [-0.15, -0.1) is 0 Å². The summed E-state index contributed by atoms with van der Waals surface area (Å²) in [6.45, 7) is 2.85. The molecule has 1 aromatic rings. The van der Waals surface area contributed by atoms with Gasteiger partial charge in [0.15, 0.2) is 0 Å². The molecule has 34 heavy (non-hydrogen) atoms. The first-order valence-corrected chi connectivity index (χ1v) is 10.7. The smallest absolute Gasteiger partial charge is 0.326 e. The number of benzene rings is 1. The Kier molecular flexibility index (Phi) is 11.7. The molecule has 0 radical (unpaired) electrons. The summed E-state index contributed by atoms with van der Waals surface area (Å²) in [5, 5.41) is 34.6. The fourth-order valence-corrected chi connectivity index (χ4v) is 3.04. The van der Waals surface area contributed by atoms with Crippen LogP contribution in [0.15, 0.2) is 30.3 Å². The van der Waals surface area contributed by atoms with Crippen LogP contribution in [0.3, 0.4) is 0 Å². The second-order valence-electron chi connectivity index (χ2n) is 8.23. The number of aliphatic carboxylic acids is 2. The summed E-state index contributed by atoms with van der Waals surface area (Å²) in [5.41, 5.74) is 6.16. The molecule has 0 heterocycles. The molecule has 0 aliphatic carbocycles. The Balaban J connectivity index is 3.08. The molecule has 0 aliphatic heterocycles. The fourth-order valence-electron chi connectivity index (χ4n) is 3.04. The summed E-state index contributed by atoms with van der Waals surface area (Å²) < 4.78 is 0. The zero-order valence-corrected chi connectivity index (χ0v) is 19.1. The SMILES string of the molecule is CC(C)CC(NC(=O)C(CC(=O)O)NC(=O)C(Cc1ccccc1)NC(=O)C(N)CO)C(=O)O. The van der Waals surface area contributed by atoms with Crippen molar-refractivity contribution in [2.75, 3.05) is 6.61 Å². The Morgan fingerprint density at radius 2 is 1.38 bits per heavy atom. The van der Waals surface area contributed by atoms with E-state index in [1.807, 2.05) is 0 Å². The molecule has 3 amide bonds. The largest absolute Gasteiger partial charge is 0.481 e. The van der Waals surface area contributed by atoms with Gasteiger partial charge in [-0.25, -0.2) is 4.79 Å². The van der Waals surface area contributed by atoms with E-state index in [9.17, 15) is 34.2 Å². The first-order chi connectivity index (χ1) is 15.9. The molecular weight excluding hydrogens is 448 g/mol. The summed E-state index contributed by atoms with van der Waals surface area (Å²) in [7, 11) is 0. The van der Waals surface area contributed by atoms with E-state index in [1.54, 1.807) is 44.2 Å². The molecule has 12 nitrogen and oxygen atoms in total. The molecule has 0 saturated heterocycles. The third-order valence-electron chi connectivity index (χ3n) is 4.78. The normalized spacial score (nSPS) is 14.4. The molecule has 1 aromatic carbocycles. The lowest BCUT2D eigenvalue weighted by atomic mass is 10.0. The van der Waals surface area contributed by atoms with E-state index >= 15 is 0 Å². The molecule has 188 valence electrons. The highest BCUT2D eigenvalue weighted by Gasteiger charge is 2.31. The van der Waals surface area contributed by atoms with Crippen LogP contribution in [-0.2, 0) is 30.4 Å². The van der Waals surface area contributed by atoms with Crippen molar-refractivity contribution in [3.63, 3.8) is 0 Å². The van der Waals surface area contributed by atoms with E-state index in [1.165, 1.54) is 0 Å². The van der Waals surface area contributed by atoms with Crippen LogP contribution in [-0.4, -0.2) is 75.8 Å². The Morgan fingerprint density at radius 1 is 0.853 bits per heavy atom. The lowest BCUT2D eigenvalue weighted by Crippen LogP contribution is -2.58. The summed E-state index contributed by atoms with van der Waals surface area (Å²) in [6, 6.07) is 3.16. The number of hydrogen-bond donors (Lipinski definition) is 7. The molecule has 4 unspecified atom stereocenters. The van der Waals surface area contributed by atoms with Crippen molar-refractivity contribution >= 4 is 29.7 Å². The van der Waals surface area contributed by atoms with Crippen LogP contribution in [0.5, 0.6) is 0 Å². The maximum Gasteiger partial charge on any atom is 0.326 e. The number of hydrogen-bond acceptors (Lipinski definition) is 7. The van der Waals surface area contributed by atoms with Crippen LogP contribution >= 0.6 is 0 Å². The van der Waals surface area contributed by atoms with Crippen molar-refractivity contribution in [1.29, 1.82) is 0 Å². The molecule has 0 aromatic heterocycles. The van der Waals surface area contributed by atoms with Gasteiger partial charge in [-0.3, -0.25) is 19.2 Å². The van der Waals surface area contributed by atoms with E-state index in [-0.39, 0.29) is 18.8 Å². The molecule has 0 fully saturated rings. The van der Waals surface area contributed by atoms with Gasteiger partial charge in [-0.2, -0.15) is 0 Å². The van der Waals surface area contributed by atoms with Crippen LogP contribution in [0.1, 0.15) is 32.3 Å². The van der Waals surface area contributed by atoms with Crippen molar-refractivity contribution in [2.24, 2.45) is 11.7 Å². The van der Waals surface area contributed by atoms with E-state index in [2.05, 4.69) is 16.0 Å². The minimum absolute atomic E-state index is 0.0108. The predicted molar refractivity (Wildman–Crippen MR) is 120 cm³/mol. The predicted octanol–water partition coefficient (Wildman–Crippen LogP) is -1.39. The number of amides is 3. The van der Waals surface area contributed by atoms with Gasteiger partial charge >= 0.3 is 11.9 Å². The second-order valence-corrected chi connectivity index (χ2v) is 8.23. The number of aliphatic hydroxyl groups is 1. The molecule has 12 heteroatoms. The van der Waals surface area contributed by atoms with Gasteiger partial charge in [0.25, 0.3) is 0 Å². The van der Waals surface area contributed by atoms with E-state index < -0.39 is 66.9 Å². The van der Waals surface area contributed by atoms with E-state index in [0.29, 0.717) is 5.56 Å². The Labute approximate surface area is 196 Å². The van der Waals surface area contributed by atoms with E-state index in [4.69, 9.17) is 10.8 Å². The van der Waals surface area contributed by atoms with Gasteiger partial charge < -0.3 is 37.0 Å². The maximum absolute atomic E-state index is 13.0. The van der Waals surface area contributed by atoms with Gasteiger partial charge in [-0.05, 0) is 17.9 Å². The third kappa shape index (κ3) is 9.96. The Morgan fingerprint density at radius 3 is 1.88 bits per heavy atom. The monoisotopic (exact) mass is 480 g/mol. The van der Waals surface area contributed by atoms with Gasteiger partial charge in [0.2, 0.25) is 17.7 Å². The lowest BCUT2D eigenvalue weighted by molar-refractivity contribution is -0.144. The van der Waals surface area contributed by atoms with Crippen LogP contribution in [0.2, 0.25) is 0 Å². The number of nitrogens with one attached hydrogen (secondary N) is 3. The molecular formula is C22H32N4O8. The fraction of sp³-hybridized carbons (Fsp3) is 0.500. The minimum atomic E-state index is -1.60. The topological polar surface area (TPSA) is 208 Å². The highest BCUT2D eigenvalue weighted by molar-refractivity contribution is 5.95. The van der Waals surface area contributed by atoms with Crippen LogP contribution in [0.4, 0.5) is 0 Å². The number of carboxylic acid groups (broad SMARTS) is 2. The quantitative estimate of drug-likeness (QED) is 0.167. The molecule has 1 rings (SSSR count).